The van der Waals surface area contributed by atoms with Gasteiger partial charge in [0.1, 0.15) is 16.8 Å². The van der Waals surface area contributed by atoms with Gasteiger partial charge in [0.2, 0.25) is 5.91 Å². The summed E-state index contributed by atoms with van der Waals surface area (Å²) in [4.78, 5) is 28.3. The van der Waals surface area contributed by atoms with Crippen LogP contribution in [0.5, 0.6) is 0 Å². The van der Waals surface area contributed by atoms with Crippen molar-refractivity contribution >= 4 is 17.6 Å². The minimum atomic E-state index is -1.48. The molecule has 12 atom stereocenters. The van der Waals surface area contributed by atoms with E-state index >= 15 is 0 Å². The van der Waals surface area contributed by atoms with E-state index in [-0.39, 0.29) is 47.8 Å². The fourth-order valence-corrected chi connectivity index (χ4v) is 11.6. The lowest BCUT2D eigenvalue weighted by Gasteiger charge is -2.70. The highest BCUT2D eigenvalue weighted by molar-refractivity contribution is 6.00. The number of benzene rings is 1. The first-order valence-electron chi connectivity index (χ1n) is 15.4. The summed E-state index contributed by atoms with van der Waals surface area (Å²) in [5, 5.41) is 28.4. The second-order valence-electron chi connectivity index (χ2n) is 13.7. The van der Waals surface area contributed by atoms with Crippen molar-refractivity contribution in [2.45, 2.75) is 87.1 Å². The summed E-state index contributed by atoms with van der Waals surface area (Å²) < 4.78 is 25.1. The zero-order chi connectivity index (χ0) is 29.8. The molecule has 4 unspecified atom stereocenters. The number of amides is 1. The summed E-state index contributed by atoms with van der Waals surface area (Å²) in [6.07, 6.45) is 1.91. The molecule has 7 bridgehead atoms. The number of aliphatic hydroxyl groups is 2. The van der Waals surface area contributed by atoms with E-state index in [1.807, 2.05) is 0 Å². The van der Waals surface area contributed by atoms with E-state index in [1.165, 1.54) is 6.92 Å². The largest absolute Gasteiger partial charge is 0.454 e. The minimum Gasteiger partial charge on any atom is -0.454 e. The molecule has 1 saturated heterocycles. The quantitative estimate of drug-likeness (QED) is 0.414. The van der Waals surface area contributed by atoms with Crippen molar-refractivity contribution in [3.05, 3.63) is 29.8 Å². The van der Waals surface area contributed by atoms with Crippen LogP contribution < -0.4 is 5.32 Å². The van der Waals surface area contributed by atoms with Crippen LogP contribution in [-0.4, -0.2) is 103 Å². The second-order valence-corrected chi connectivity index (χ2v) is 13.7. The number of anilines is 1. The number of carbonyl (C=O) groups excluding carboxylic acids is 2. The number of nitrogens with one attached hydrogen (secondary N) is 1. The maximum atomic E-state index is 14.0. The van der Waals surface area contributed by atoms with Crippen LogP contribution in [0, 0.1) is 29.1 Å². The Balaban J connectivity index is 1.38. The van der Waals surface area contributed by atoms with Gasteiger partial charge in [0.05, 0.1) is 29.6 Å². The summed E-state index contributed by atoms with van der Waals surface area (Å²) >= 11 is 0. The molecule has 1 amide bonds. The number of carbonyl (C=O) groups is 2. The van der Waals surface area contributed by atoms with Gasteiger partial charge in [0.25, 0.3) is 0 Å². The lowest BCUT2D eigenvalue weighted by atomic mass is 9.44. The van der Waals surface area contributed by atoms with Gasteiger partial charge >= 0.3 is 5.97 Å². The number of rotatable bonds is 7. The first kappa shape index (κ1) is 28.7. The van der Waals surface area contributed by atoms with Crippen LogP contribution in [-0.2, 0) is 23.7 Å². The van der Waals surface area contributed by atoms with E-state index in [9.17, 15) is 19.8 Å². The third-order valence-corrected chi connectivity index (χ3v) is 12.6. The van der Waals surface area contributed by atoms with Crippen molar-refractivity contribution in [1.82, 2.24) is 4.90 Å². The Morgan fingerprint density at radius 3 is 2.50 bits per heavy atom. The van der Waals surface area contributed by atoms with E-state index in [0.717, 1.165) is 0 Å². The number of esters is 1. The Labute approximate surface area is 247 Å². The number of hydrogen-bond donors (Lipinski definition) is 3. The lowest BCUT2D eigenvalue weighted by Crippen LogP contribution is -2.83. The number of fused-ring (bicyclic) bond motifs is 2. The van der Waals surface area contributed by atoms with Crippen molar-refractivity contribution < 1.29 is 38.7 Å². The van der Waals surface area contributed by atoms with Gasteiger partial charge in [-0.1, -0.05) is 19.1 Å². The van der Waals surface area contributed by atoms with Crippen molar-refractivity contribution in [1.29, 1.82) is 0 Å². The summed E-state index contributed by atoms with van der Waals surface area (Å²) in [5.41, 5.74) is -3.57. The van der Waals surface area contributed by atoms with Gasteiger partial charge in [0, 0.05) is 76.3 Å². The fourth-order valence-electron chi connectivity index (χ4n) is 11.6. The number of nitrogens with zero attached hydrogens (tertiary/aromatic N) is 1. The highest BCUT2D eigenvalue weighted by Crippen LogP contribution is 2.79. The van der Waals surface area contributed by atoms with Crippen molar-refractivity contribution in [2.75, 3.05) is 39.7 Å². The third-order valence-electron chi connectivity index (χ3n) is 12.6. The van der Waals surface area contributed by atoms with E-state index in [4.69, 9.17) is 18.9 Å². The fraction of sp³-hybridized carbons (Fsp3) is 0.750. The van der Waals surface area contributed by atoms with E-state index < -0.39 is 34.3 Å². The van der Waals surface area contributed by atoms with E-state index in [2.05, 4.69) is 17.1 Å². The second kappa shape index (κ2) is 9.46. The molecule has 5 aliphatic carbocycles. The van der Waals surface area contributed by atoms with Crippen molar-refractivity contribution in [3.63, 3.8) is 0 Å². The van der Waals surface area contributed by atoms with Crippen LogP contribution in [0.1, 0.15) is 56.3 Å². The molecule has 5 saturated carbocycles. The molecule has 3 N–H and O–H groups in total. The predicted molar refractivity (Wildman–Crippen MR) is 152 cm³/mol. The minimum absolute atomic E-state index is 0.0432. The van der Waals surface area contributed by atoms with Gasteiger partial charge in [-0.05, 0) is 44.4 Å². The SMILES string of the molecule is CCN1C[C@@]2(OC(=O)c3ccccc3NC(C)=O)CC[C@@H](OC)[C@@]34C1[C@@H](CC23)[C@]1(O)C[C@@H](OC)C2CC4[C@@]1(O)[C@@H]2OC. The standard InChI is InChI=1S/C32H44N2O8/c1-6-34-16-29(42-28(36)18-9-7-8-10-21(18)33-17(2)35)12-11-25(40-4)31-23(29)14-20(26(31)34)30(37)15-22(39-3)19-13-24(31)32(30,38)27(19)41-5/h7-10,19-20,22-27,37-38H,6,11-16H2,1-5H3,(H,33,35)/t19?,20-,22-,23?,24?,25-,26?,27-,29+,30-,31-,32-/m1/s1. The van der Waals surface area contributed by atoms with Crippen LogP contribution in [0.4, 0.5) is 5.69 Å². The zero-order valence-electron chi connectivity index (χ0n) is 25.2. The molecule has 0 radical (unpaired) electrons. The third kappa shape index (κ3) is 3.21. The molecule has 1 aromatic carbocycles. The van der Waals surface area contributed by atoms with Gasteiger partial charge in [-0.15, -0.1) is 0 Å². The van der Waals surface area contributed by atoms with Crippen LogP contribution >= 0.6 is 0 Å². The Morgan fingerprint density at radius 1 is 1.07 bits per heavy atom. The summed E-state index contributed by atoms with van der Waals surface area (Å²) in [6.45, 7) is 4.79. The molecule has 1 heterocycles. The molecule has 6 aliphatic rings. The molecule has 42 heavy (non-hydrogen) atoms. The van der Waals surface area contributed by atoms with Crippen LogP contribution in [0.3, 0.4) is 0 Å². The van der Waals surface area contributed by atoms with Gasteiger partial charge < -0.3 is 34.5 Å². The molecule has 7 rings (SSSR count). The summed E-state index contributed by atoms with van der Waals surface area (Å²) in [7, 11) is 5.05. The molecule has 230 valence electrons. The van der Waals surface area contributed by atoms with Crippen LogP contribution in [0.2, 0.25) is 0 Å². The number of likely N-dealkylation sites (tertiary alicyclic amines) is 1. The van der Waals surface area contributed by atoms with Crippen molar-refractivity contribution in [3.8, 4) is 0 Å². The van der Waals surface area contributed by atoms with Gasteiger partial charge in [-0.3, -0.25) is 9.69 Å². The Morgan fingerprint density at radius 2 is 1.83 bits per heavy atom. The average molecular weight is 585 g/mol. The smallest absolute Gasteiger partial charge is 0.340 e. The maximum absolute atomic E-state index is 14.0. The molecule has 6 fully saturated rings. The van der Waals surface area contributed by atoms with Crippen LogP contribution in [0.25, 0.3) is 0 Å². The van der Waals surface area contributed by atoms with E-state index in [1.54, 1.807) is 45.6 Å². The highest BCUT2D eigenvalue weighted by atomic mass is 16.6. The molecule has 1 aliphatic heterocycles. The average Bonchev–Trinajstić information content (AvgIpc) is 3.39. The molecule has 1 spiro atoms. The van der Waals surface area contributed by atoms with E-state index in [0.29, 0.717) is 56.4 Å². The summed E-state index contributed by atoms with van der Waals surface area (Å²) in [5.74, 6) is -1.54. The first-order chi connectivity index (χ1) is 20.1. The number of para-hydroxylation sites is 1. The maximum Gasteiger partial charge on any atom is 0.340 e. The Hall–Kier alpha value is -2.08. The Kier molecular flexibility index (Phi) is 6.46. The molecule has 10 nitrogen and oxygen atoms in total. The topological polar surface area (TPSA) is 127 Å². The lowest BCUT2D eigenvalue weighted by molar-refractivity contribution is -0.337. The normalized spacial score (nSPS) is 48.2. The number of hydrogen-bond acceptors (Lipinski definition) is 9. The van der Waals surface area contributed by atoms with Crippen LogP contribution in [0.15, 0.2) is 24.3 Å². The number of likely N-dealkylation sites (N-methyl/N-ethyl adjacent to an activating group) is 1. The molecular formula is C32H44N2O8. The predicted octanol–water partition coefficient (Wildman–Crippen LogP) is 2.22. The molecule has 1 aromatic rings. The number of piperidine rings is 1. The summed E-state index contributed by atoms with van der Waals surface area (Å²) in [6, 6.07) is 6.89. The number of methoxy groups -OCH3 is 3. The monoisotopic (exact) mass is 584 g/mol. The first-order valence-corrected chi connectivity index (χ1v) is 15.4. The van der Waals surface area contributed by atoms with Gasteiger partial charge in [0.15, 0.2) is 0 Å². The molecule has 0 aromatic heterocycles. The highest BCUT2D eigenvalue weighted by Gasteiger charge is 2.89. The van der Waals surface area contributed by atoms with Crippen molar-refractivity contribution in [2.24, 2.45) is 29.1 Å². The molecular weight excluding hydrogens is 540 g/mol. The Bertz CT molecular complexity index is 1290. The number of ether oxygens (including phenoxy) is 4. The van der Waals surface area contributed by atoms with Gasteiger partial charge in [-0.2, -0.15) is 0 Å². The molecule has 10 heteroatoms. The zero-order valence-corrected chi connectivity index (χ0v) is 25.2. The van der Waals surface area contributed by atoms with Gasteiger partial charge in [-0.25, -0.2) is 4.79 Å².